The first-order valence-corrected chi connectivity index (χ1v) is 10.1. The van der Waals surface area contributed by atoms with Gasteiger partial charge in [-0.2, -0.15) is 0 Å². The predicted octanol–water partition coefficient (Wildman–Crippen LogP) is 4.64. The average molecular weight is 413 g/mol. The highest BCUT2D eigenvalue weighted by atomic mass is 32.2. The molecule has 1 heterocycles. The first kappa shape index (κ1) is 20.8. The van der Waals surface area contributed by atoms with E-state index >= 15 is 0 Å². The molecule has 29 heavy (non-hydrogen) atoms. The normalized spacial score (nSPS) is 15.6. The van der Waals surface area contributed by atoms with E-state index in [4.69, 9.17) is 4.74 Å². The number of nitrogens with zero attached hydrogens (tertiary/aromatic N) is 1. The van der Waals surface area contributed by atoms with Crippen LogP contribution in [0.1, 0.15) is 36.5 Å². The third-order valence-corrected chi connectivity index (χ3v) is 5.45. The molecular formula is C22H23NO5S. The number of thioether (sulfide) groups is 1. The zero-order valence-corrected chi connectivity index (χ0v) is 17.3. The molecule has 0 aliphatic carbocycles. The van der Waals surface area contributed by atoms with Gasteiger partial charge < -0.3 is 14.9 Å². The Morgan fingerprint density at radius 3 is 2.59 bits per heavy atom. The Morgan fingerprint density at radius 1 is 1.14 bits per heavy atom. The number of aryl methyl sites for hydroxylation is 1. The van der Waals surface area contributed by atoms with E-state index in [-0.39, 0.29) is 34.8 Å². The molecule has 2 aromatic rings. The summed E-state index contributed by atoms with van der Waals surface area (Å²) in [5.41, 5.74) is 2.51. The number of carbonyl (C=O) groups is 2. The molecule has 2 aromatic carbocycles. The van der Waals surface area contributed by atoms with E-state index < -0.39 is 5.91 Å². The molecule has 1 saturated heterocycles. The Balaban J connectivity index is 1.68. The lowest BCUT2D eigenvalue weighted by Crippen LogP contribution is -2.32. The summed E-state index contributed by atoms with van der Waals surface area (Å²) >= 11 is 0.816. The van der Waals surface area contributed by atoms with Gasteiger partial charge in [-0.3, -0.25) is 14.5 Å². The number of carbonyl (C=O) groups excluding carboxylic acids is 2. The lowest BCUT2D eigenvalue weighted by molar-refractivity contribution is -0.123. The van der Waals surface area contributed by atoms with Crippen molar-refractivity contribution >= 4 is 29.0 Å². The monoisotopic (exact) mass is 413 g/mol. The molecule has 0 bridgehead atoms. The summed E-state index contributed by atoms with van der Waals surface area (Å²) in [5, 5.41) is 18.9. The second kappa shape index (κ2) is 8.61. The van der Waals surface area contributed by atoms with Crippen molar-refractivity contribution in [3.8, 4) is 17.2 Å². The summed E-state index contributed by atoms with van der Waals surface area (Å²) in [6.45, 7) is 6.47. The third-order valence-electron chi connectivity index (χ3n) is 4.54. The fourth-order valence-corrected chi connectivity index (χ4v) is 3.83. The van der Waals surface area contributed by atoms with Crippen LogP contribution in [0.25, 0.3) is 6.08 Å². The number of hydrogen-bond donors (Lipinski definition) is 2. The van der Waals surface area contributed by atoms with Crippen LogP contribution in [0.4, 0.5) is 4.79 Å². The van der Waals surface area contributed by atoms with Crippen molar-refractivity contribution < 1.29 is 24.5 Å². The van der Waals surface area contributed by atoms with Gasteiger partial charge in [0.05, 0.1) is 11.4 Å². The molecule has 0 spiro atoms. The first-order valence-electron chi connectivity index (χ1n) is 9.27. The molecule has 1 aliphatic heterocycles. The van der Waals surface area contributed by atoms with Crippen LogP contribution < -0.4 is 4.74 Å². The highest BCUT2D eigenvalue weighted by molar-refractivity contribution is 8.18. The molecule has 1 aliphatic rings. The minimum Gasteiger partial charge on any atom is -0.508 e. The van der Waals surface area contributed by atoms with Crippen LogP contribution in [0.5, 0.6) is 17.2 Å². The van der Waals surface area contributed by atoms with Gasteiger partial charge >= 0.3 is 0 Å². The number of aromatic hydroxyl groups is 2. The molecule has 0 saturated carbocycles. The summed E-state index contributed by atoms with van der Waals surface area (Å²) in [6.07, 6.45) is 1.44. The van der Waals surface area contributed by atoms with Crippen molar-refractivity contribution in [3.63, 3.8) is 0 Å². The Kier molecular flexibility index (Phi) is 6.17. The van der Waals surface area contributed by atoms with Crippen molar-refractivity contribution in [1.29, 1.82) is 0 Å². The fraction of sp³-hybridized carbons (Fsp3) is 0.273. The van der Waals surface area contributed by atoms with Crippen LogP contribution >= 0.6 is 11.8 Å². The van der Waals surface area contributed by atoms with E-state index in [2.05, 4.69) is 13.8 Å². The highest BCUT2D eigenvalue weighted by Crippen LogP contribution is 2.34. The van der Waals surface area contributed by atoms with E-state index in [1.165, 1.54) is 24.3 Å². The maximum absolute atomic E-state index is 12.6. The summed E-state index contributed by atoms with van der Waals surface area (Å²) < 4.78 is 5.88. The van der Waals surface area contributed by atoms with Crippen LogP contribution in [0.15, 0.2) is 41.3 Å². The molecule has 1 fully saturated rings. The number of phenols is 2. The second-order valence-corrected chi connectivity index (χ2v) is 8.11. The van der Waals surface area contributed by atoms with Gasteiger partial charge in [-0.15, -0.1) is 0 Å². The number of hydrogen-bond acceptors (Lipinski definition) is 6. The van der Waals surface area contributed by atoms with E-state index in [1.807, 2.05) is 25.1 Å². The highest BCUT2D eigenvalue weighted by Gasteiger charge is 2.35. The van der Waals surface area contributed by atoms with Gasteiger partial charge in [-0.25, -0.2) is 0 Å². The minimum absolute atomic E-state index is 0.0816. The first-order chi connectivity index (χ1) is 13.8. The maximum atomic E-state index is 12.6. The van der Waals surface area contributed by atoms with Gasteiger partial charge in [0.2, 0.25) is 0 Å². The molecule has 3 rings (SSSR count). The molecule has 152 valence electrons. The van der Waals surface area contributed by atoms with Gasteiger partial charge in [0, 0.05) is 11.6 Å². The average Bonchev–Trinajstić information content (AvgIpc) is 2.91. The SMILES string of the molecule is Cc1ccc(C(C)C)c(OCCN2C(=O)S/C(=C\c3ccc(O)cc3O)C2=O)c1. The topological polar surface area (TPSA) is 87.1 Å². The molecule has 0 unspecified atom stereocenters. The standard InChI is InChI=1S/C22H23NO5S/c1-13(2)17-7-4-14(3)10-19(17)28-9-8-23-21(26)20(29-22(23)27)11-15-5-6-16(24)12-18(15)25/h4-7,10-13,24-25H,8-9H2,1-3H3/b20-11-. The van der Waals surface area contributed by atoms with Crippen LogP contribution in [0, 0.1) is 6.92 Å². The Morgan fingerprint density at radius 2 is 1.90 bits per heavy atom. The van der Waals surface area contributed by atoms with Gasteiger partial charge in [-0.05, 0) is 60.0 Å². The van der Waals surface area contributed by atoms with Crippen molar-refractivity contribution in [2.24, 2.45) is 0 Å². The largest absolute Gasteiger partial charge is 0.508 e. The quantitative estimate of drug-likeness (QED) is 0.671. The minimum atomic E-state index is -0.426. The van der Waals surface area contributed by atoms with Gasteiger partial charge in [0.1, 0.15) is 23.9 Å². The third kappa shape index (κ3) is 4.74. The van der Waals surface area contributed by atoms with Gasteiger partial charge in [-0.1, -0.05) is 26.0 Å². The number of rotatable bonds is 6. The van der Waals surface area contributed by atoms with E-state index in [9.17, 15) is 19.8 Å². The zero-order valence-electron chi connectivity index (χ0n) is 16.5. The smallest absolute Gasteiger partial charge is 0.293 e. The van der Waals surface area contributed by atoms with Gasteiger partial charge in [0.15, 0.2) is 0 Å². The lowest BCUT2D eigenvalue weighted by Gasteiger charge is -2.17. The fourth-order valence-electron chi connectivity index (χ4n) is 2.98. The zero-order chi connectivity index (χ0) is 21.1. The molecule has 0 radical (unpaired) electrons. The van der Waals surface area contributed by atoms with E-state index in [0.717, 1.165) is 33.5 Å². The maximum Gasteiger partial charge on any atom is 0.293 e. The second-order valence-electron chi connectivity index (χ2n) is 7.12. The summed E-state index contributed by atoms with van der Waals surface area (Å²) in [5.74, 6) is 0.382. The Hall–Kier alpha value is -2.93. The molecule has 6 nitrogen and oxygen atoms in total. The molecule has 2 amide bonds. The van der Waals surface area contributed by atoms with E-state index in [1.54, 1.807) is 0 Å². The number of imide groups is 1. The summed E-state index contributed by atoms with van der Waals surface area (Å²) in [7, 11) is 0. The molecule has 0 aromatic heterocycles. The lowest BCUT2D eigenvalue weighted by atomic mass is 10.0. The summed E-state index contributed by atoms with van der Waals surface area (Å²) in [4.78, 5) is 26.2. The molecule has 7 heteroatoms. The van der Waals surface area contributed by atoms with Crippen LogP contribution in [-0.2, 0) is 4.79 Å². The number of ether oxygens (including phenoxy) is 1. The molecule has 2 N–H and O–H groups in total. The number of benzene rings is 2. The van der Waals surface area contributed by atoms with Crippen LogP contribution in [0.2, 0.25) is 0 Å². The van der Waals surface area contributed by atoms with Crippen molar-refractivity contribution in [2.45, 2.75) is 26.7 Å². The van der Waals surface area contributed by atoms with Crippen LogP contribution in [0.3, 0.4) is 0 Å². The Labute approximate surface area is 173 Å². The van der Waals surface area contributed by atoms with Crippen molar-refractivity contribution in [3.05, 3.63) is 58.0 Å². The number of phenolic OH excluding ortho intramolecular Hbond substituents is 2. The molecule has 0 atom stereocenters. The Bertz CT molecular complexity index is 983. The number of amides is 2. The summed E-state index contributed by atoms with van der Waals surface area (Å²) in [6, 6.07) is 10.1. The van der Waals surface area contributed by atoms with Crippen LogP contribution in [-0.4, -0.2) is 39.4 Å². The van der Waals surface area contributed by atoms with Gasteiger partial charge in [0.25, 0.3) is 11.1 Å². The van der Waals surface area contributed by atoms with E-state index in [0.29, 0.717) is 11.5 Å². The van der Waals surface area contributed by atoms with Crippen molar-refractivity contribution in [1.82, 2.24) is 4.90 Å². The molecular weight excluding hydrogens is 390 g/mol. The van der Waals surface area contributed by atoms with Crippen molar-refractivity contribution in [2.75, 3.05) is 13.2 Å². The predicted molar refractivity (Wildman–Crippen MR) is 113 cm³/mol.